The van der Waals surface area contributed by atoms with Crippen molar-refractivity contribution in [2.45, 2.75) is 12.5 Å². The van der Waals surface area contributed by atoms with Gasteiger partial charge >= 0.3 is 0 Å². The van der Waals surface area contributed by atoms with Crippen LogP contribution in [-0.4, -0.2) is 7.11 Å². The van der Waals surface area contributed by atoms with Crippen LogP contribution in [0.3, 0.4) is 0 Å². The first-order valence-electron chi connectivity index (χ1n) is 6.29. The van der Waals surface area contributed by atoms with Gasteiger partial charge in [-0.1, -0.05) is 41.4 Å². The molecule has 0 spiro atoms. The Morgan fingerprint density at radius 3 is 2.62 bits per heavy atom. The molecule has 3 N–H and O–H groups in total. The molecule has 0 aromatic heterocycles. The van der Waals surface area contributed by atoms with E-state index in [1.165, 1.54) is 7.11 Å². The predicted octanol–water partition coefficient (Wildman–Crippen LogP) is 3.89. The third kappa shape index (κ3) is 3.66. The maximum absolute atomic E-state index is 14.3. The summed E-state index contributed by atoms with van der Waals surface area (Å²) in [6, 6.07) is 9.82. The minimum atomic E-state index is -0.428. The summed E-state index contributed by atoms with van der Waals surface area (Å²) >= 11 is 11.9. The molecule has 3 nitrogen and oxygen atoms in total. The molecule has 2 aromatic rings. The highest BCUT2D eigenvalue weighted by atomic mass is 35.5. The van der Waals surface area contributed by atoms with Gasteiger partial charge < -0.3 is 4.74 Å². The number of hydrogen-bond acceptors (Lipinski definition) is 3. The lowest BCUT2D eigenvalue weighted by molar-refractivity contribution is 0.379. The predicted molar refractivity (Wildman–Crippen MR) is 83.2 cm³/mol. The molecule has 0 amide bonds. The van der Waals surface area contributed by atoms with Crippen molar-refractivity contribution in [3.8, 4) is 5.75 Å². The molecule has 2 aromatic carbocycles. The molecule has 0 aliphatic heterocycles. The lowest BCUT2D eigenvalue weighted by Gasteiger charge is -2.18. The summed E-state index contributed by atoms with van der Waals surface area (Å²) in [6.07, 6.45) is 0.470. The zero-order valence-electron chi connectivity index (χ0n) is 11.4. The zero-order chi connectivity index (χ0) is 15.4. The number of halogens is 3. The van der Waals surface area contributed by atoms with Crippen molar-refractivity contribution >= 4 is 23.2 Å². The fourth-order valence-electron chi connectivity index (χ4n) is 2.12. The Morgan fingerprint density at radius 2 is 2.00 bits per heavy atom. The van der Waals surface area contributed by atoms with E-state index in [1.807, 2.05) is 6.07 Å². The molecule has 0 saturated heterocycles. The Bertz CT molecular complexity index is 637. The molecule has 112 valence electrons. The van der Waals surface area contributed by atoms with Crippen molar-refractivity contribution in [3.05, 3.63) is 63.4 Å². The average Bonchev–Trinajstić information content (AvgIpc) is 2.49. The smallest absolute Gasteiger partial charge is 0.169 e. The van der Waals surface area contributed by atoms with Gasteiger partial charge in [-0.3, -0.25) is 11.3 Å². The molecule has 0 aliphatic rings. The van der Waals surface area contributed by atoms with Gasteiger partial charge in [0.1, 0.15) is 0 Å². The molecule has 2 rings (SSSR count). The van der Waals surface area contributed by atoms with Crippen molar-refractivity contribution in [1.29, 1.82) is 0 Å². The van der Waals surface area contributed by atoms with E-state index in [0.29, 0.717) is 22.0 Å². The van der Waals surface area contributed by atoms with Crippen LogP contribution in [0.1, 0.15) is 17.2 Å². The molecule has 1 atom stereocenters. The number of hydrazine groups is 1. The van der Waals surface area contributed by atoms with E-state index in [2.05, 4.69) is 5.43 Å². The molecular weight excluding hydrogens is 314 g/mol. The van der Waals surface area contributed by atoms with Crippen molar-refractivity contribution < 1.29 is 9.13 Å². The van der Waals surface area contributed by atoms with Crippen LogP contribution in [0.2, 0.25) is 10.0 Å². The fraction of sp³-hybridized carbons (Fsp3) is 0.200. The van der Waals surface area contributed by atoms with Crippen LogP contribution in [0.4, 0.5) is 4.39 Å². The van der Waals surface area contributed by atoms with E-state index < -0.39 is 11.9 Å². The second-order valence-corrected chi connectivity index (χ2v) is 5.35. The van der Waals surface area contributed by atoms with E-state index in [0.717, 1.165) is 5.56 Å². The summed E-state index contributed by atoms with van der Waals surface area (Å²) in [7, 11) is 1.42. The van der Waals surface area contributed by atoms with Crippen molar-refractivity contribution in [3.63, 3.8) is 0 Å². The van der Waals surface area contributed by atoms with Gasteiger partial charge in [0.2, 0.25) is 0 Å². The SMILES string of the molecule is COc1cccc(C(Cc2ccc(Cl)c(Cl)c2)NN)c1F. The minimum Gasteiger partial charge on any atom is -0.494 e. The Morgan fingerprint density at radius 1 is 1.24 bits per heavy atom. The molecule has 0 radical (unpaired) electrons. The van der Waals surface area contributed by atoms with Crippen LogP contribution in [0, 0.1) is 5.82 Å². The highest BCUT2D eigenvalue weighted by Crippen LogP contribution is 2.29. The molecule has 0 aliphatic carbocycles. The maximum atomic E-state index is 14.3. The highest BCUT2D eigenvalue weighted by Gasteiger charge is 2.18. The van der Waals surface area contributed by atoms with Crippen molar-refractivity contribution in [2.75, 3.05) is 7.11 Å². The van der Waals surface area contributed by atoms with Crippen LogP contribution in [0.25, 0.3) is 0 Å². The number of methoxy groups -OCH3 is 1. The largest absolute Gasteiger partial charge is 0.494 e. The third-order valence-corrected chi connectivity index (χ3v) is 3.95. The van der Waals surface area contributed by atoms with Gasteiger partial charge in [0.15, 0.2) is 11.6 Å². The second-order valence-electron chi connectivity index (χ2n) is 4.54. The second kappa shape index (κ2) is 7.09. The first kappa shape index (κ1) is 16.0. The van der Waals surface area contributed by atoms with Gasteiger partial charge in [0, 0.05) is 5.56 Å². The summed E-state index contributed by atoms with van der Waals surface area (Å²) in [5, 5.41) is 0.932. The Labute approximate surface area is 132 Å². The topological polar surface area (TPSA) is 47.3 Å². The Balaban J connectivity index is 2.29. The summed E-state index contributed by atoms with van der Waals surface area (Å²) in [4.78, 5) is 0. The monoisotopic (exact) mass is 328 g/mol. The minimum absolute atomic E-state index is 0.182. The third-order valence-electron chi connectivity index (χ3n) is 3.21. The molecule has 0 bridgehead atoms. The standard InChI is InChI=1S/C15H15Cl2FN2O/c1-21-14-4-2-3-10(15(14)18)13(20-19)8-9-5-6-11(16)12(17)7-9/h2-7,13,20H,8,19H2,1H3. The van der Waals surface area contributed by atoms with Crippen LogP contribution in [-0.2, 0) is 6.42 Å². The van der Waals surface area contributed by atoms with Gasteiger partial charge in [-0.25, -0.2) is 4.39 Å². The normalized spacial score (nSPS) is 12.2. The molecule has 21 heavy (non-hydrogen) atoms. The lowest BCUT2D eigenvalue weighted by Crippen LogP contribution is -2.30. The fourth-order valence-corrected chi connectivity index (χ4v) is 2.44. The number of nitrogens with one attached hydrogen (secondary N) is 1. The molecular formula is C15H15Cl2FN2O. The van der Waals surface area contributed by atoms with Crippen LogP contribution >= 0.6 is 23.2 Å². The van der Waals surface area contributed by atoms with E-state index >= 15 is 0 Å². The summed E-state index contributed by atoms with van der Waals surface area (Å²) < 4.78 is 19.3. The highest BCUT2D eigenvalue weighted by molar-refractivity contribution is 6.42. The maximum Gasteiger partial charge on any atom is 0.169 e. The van der Waals surface area contributed by atoms with E-state index in [4.69, 9.17) is 33.8 Å². The summed E-state index contributed by atoms with van der Waals surface area (Å²) in [5.41, 5.74) is 3.95. The number of ether oxygens (including phenoxy) is 1. The van der Waals surface area contributed by atoms with Gasteiger partial charge in [-0.05, 0) is 30.2 Å². The van der Waals surface area contributed by atoms with E-state index in [1.54, 1.807) is 30.3 Å². The van der Waals surface area contributed by atoms with Crippen LogP contribution < -0.4 is 16.0 Å². The molecule has 0 fully saturated rings. The van der Waals surface area contributed by atoms with Crippen LogP contribution in [0.5, 0.6) is 5.75 Å². The lowest BCUT2D eigenvalue weighted by atomic mass is 9.98. The van der Waals surface area contributed by atoms with Gasteiger partial charge in [-0.2, -0.15) is 0 Å². The molecule has 0 heterocycles. The van der Waals surface area contributed by atoms with E-state index in [9.17, 15) is 4.39 Å². The van der Waals surface area contributed by atoms with Crippen molar-refractivity contribution in [1.82, 2.24) is 5.43 Å². The summed E-state index contributed by atoms with van der Waals surface area (Å²) in [6.45, 7) is 0. The molecule has 0 saturated carbocycles. The Hall–Kier alpha value is -1.33. The van der Waals surface area contributed by atoms with Gasteiger partial charge in [-0.15, -0.1) is 0 Å². The summed E-state index contributed by atoms with van der Waals surface area (Å²) in [5.74, 6) is 5.32. The van der Waals surface area contributed by atoms with Crippen LogP contribution in [0.15, 0.2) is 36.4 Å². The zero-order valence-corrected chi connectivity index (χ0v) is 12.9. The molecule has 6 heteroatoms. The number of hydrogen-bond donors (Lipinski definition) is 2. The number of nitrogens with two attached hydrogens (primary N) is 1. The number of benzene rings is 2. The first-order valence-corrected chi connectivity index (χ1v) is 7.05. The van der Waals surface area contributed by atoms with Gasteiger partial charge in [0.05, 0.1) is 23.2 Å². The van der Waals surface area contributed by atoms with Gasteiger partial charge in [0.25, 0.3) is 0 Å². The van der Waals surface area contributed by atoms with Crippen molar-refractivity contribution in [2.24, 2.45) is 5.84 Å². The van der Waals surface area contributed by atoms with E-state index in [-0.39, 0.29) is 5.75 Å². The molecule has 1 unspecified atom stereocenters. The number of rotatable bonds is 5. The average molecular weight is 329 g/mol. The quantitative estimate of drug-likeness (QED) is 0.646. The first-order chi connectivity index (χ1) is 10.1. The Kier molecular flexibility index (Phi) is 5.42.